The van der Waals surface area contributed by atoms with Gasteiger partial charge in [0.2, 0.25) is 0 Å². The van der Waals surface area contributed by atoms with Crippen molar-refractivity contribution >= 4 is 0 Å². The molecule has 0 aliphatic heterocycles. The van der Waals surface area contributed by atoms with E-state index in [9.17, 15) is 0 Å². The molecule has 0 saturated carbocycles. The van der Waals surface area contributed by atoms with Gasteiger partial charge in [-0.2, -0.15) is 0 Å². The van der Waals surface area contributed by atoms with Crippen LogP contribution < -0.4 is 5.32 Å². The zero-order valence-corrected chi connectivity index (χ0v) is 12.9. The molecule has 0 radical (unpaired) electrons. The Labute approximate surface area is 113 Å². The summed E-state index contributed by atoms with van der Waals surface area (Å²) in [5.41, 5.74) is 0. The lowest BCUT2D eigenvalue weighted by molar-refractivity contribution is 0.0888. The minimum Gasteiger partial charge on any atom is -0.383 e. The highest BCUT2D eigenvalue weighted by atomic mass is 16.5. The van der Waals surface area contributed by atoms with Crippen molar-refractivity contribution in [3.63, 3.8) is 0 Å². The van der Waals surface area contributed by atoms with Crippen LogP contribution in [-0.4, -0.2) is 64.1 Å². The summed E-state index contributed by atoms with van der Waals surface area (Å²) in [7, 11) is 3.51. The molecule has 0 saturated heterocycles. The minimum absolute atomic E-state index is 0.582. The fourth-order valence-corrected chi connectivity index (χ4v) is 1.94. The van der Waals surface area contributed by atoms with Crippen molar-refractivity contribution in [2.24, 2.45) is 0 Å². The SMILES string of the molecule is COCCN(CCOC)C(C)CCCNC(C)C. The molecule has 110 valence electrons. The number of methoxy groups -OCH3 is 2. The number of hydrogen-bond acceptors (Lipinski definition) is 4. The molecule has 0 aromatic carbocycles. The smallest absolute Gasteiger partial charge is 0.0589 e. The Bertz CT molecular complexity index is 169. The van der Waals surface area contributed by atoms with Gasteiger partial charge in [-0.3, -0.25) is 4.90 Å². The maximum absolute atomic E-state index is 5.16. The van der Waals surface area contributed by atoms with E-state index in [2.05, 4.69) is 31.0 Å². The monoisotopic (exact) mass is 260 g/mol. The summed E-state index contributed by atoms with van der Waals surface area (Å²) in [6, 6.07) is 1.17. The Hall–Kier alpha value is -0.160. The zero-order chi connectivity index (χ0) is 13.8. The average Bonchev–Trinajstić information content (AvgIpc) is 2.34. The lowest BCUT2D eigenvalue weighted by Gasteiger charge is -2.28. The van der Waals surface area contributed by atoms with Crippen molar-refractivity contribution < 1.29 is 9.47 Å². The first-order chi connectivity index (χ1) is 8.61. The molecule has 1 atom stereocenters. The summed E-state index contributed by atoms with van der Waals surface area (Å²) < 4.78 is 10.3. The summed E-state index contributed by atoms with van der Waals surface area (Å²) in [5, 5.41) is 3.46. The first kappa shape index (κ1) is 17.8. The molecule has 18 heavy (non-hydrogen) atoms. The molecule has 4 nitrogen and oxygen atoms in total. The van der Waals surface area contributed by atoms with Crippen LogP contribution in [0.15, 0.2) is 0 Å². The van der Waals surface area contributed by atoms with E-state index >= 15 is 0 Å². The van der Waals surface area contributed by atoms with Crippen LogP contribution in [0.5, 0.6) is 0 Å². The molecule has 0 fully saturated rings. The van der Waals surface area contributed by atoms with Gasteiger partial charge >= 0.3 is 0 Å². The first-order valence-corrected chi connectivity index (χ1v) is 7.07. The van der Waals surface area contributed by atoms with E-state index in [0.29, 0.717) is 12.1 Å². The van der Waals surface area contributed by atoms with Gasteiger partial charge in [-0.15, -0.1) is 0 Å². The van der Waals surface area contributed by atoms with Crippen LogP contribution in [0.4, 0.5) is 0 Å². The van der Waals surface area contributed by atoms with Crippen LogP contribution in [0.25, 0.3) is 0 Å². The van der Waals surface area contributed by atoms with E-state index in [1.54, 1.807) is 14.2 Å². The van der Waals surface area contributed by atoms with Crippen molar-refractivity contribution in [1.29, 1.82) is 0 Å². The van der Waals surface area contributed by atoms with Gasteiger partial charge in [0.1, 0.15) is 0 Å². The fourth-order valence-electron chi connectivity index (χ4n) is 1.94. The Balaban J connectivity index is 3.83. The van der Waals surface area contributed by atoms with Gasteiger partial charge in [0.25, 0.3) is 0 Å². The number of hydrogen-bond donors (Lipinski definition) is 1. The van der Waals surface area contributed by atoms with Crippen molar-refractivity contribution in [3.05, 3.63) is 0 Å². The van der Waals surface area contributed by atoms with Gasteiger partial charge in [-0.05, 0) is 26.3 Å². The quantitative estimate of drug-likeness (QED) is 0.542. The average molecular weight is 260 g/mol. The third kappa shape index (κ3) is 9.83. The van der Waals surface area contributed by atoms with E-state index in [0.717, 1.165) is 32.8 Å². The Kier molecular flexibility index (Phi) is 11.8. The van der Waals surface area contributed by atoms with Crippen LogP contribution in [0.3, 0.4) is 0 Å². The second-order valence-corrected chi connectivity index (χ2v) is 5.12. The van der Waals surface area contributed by atoms with E-state index in [1.807, 2.05) is 0 Å². The molecular weight excluding hydrogens is 228 g/mol. The summed E-state index contributed by atoms with van der Waals surface area (Å²) in [4.78, 5) is 2.45. The van der Waals surface area contributed by atoms with Crippen LogP contribution in [-0.2, 0) is 9.47 Å². The molecule has 1 unspecified atom stereocenters. The normalized spacial score (nSPS) is 13.5. The van der Waals surface area contributed by atoms with Gasteiger partial charge in [0, 0.05) is 39.4 Å². The standard InChI is InChI=1S/C14H32N2O2/c1-13(2)15-8-6-7-14(3)16(9-11-17-4)10-12-18-5/h13-15H,6-12H2,1-5H3. The zero-order valence-electron chi connectivity index (χ0n) is 12.9. The molecule has 1 N–H and O–H groups in total. The van der Waals surface area contributed by atoms with Gasteiger partial charge in [0.15, 0.2) is 0 Å². The van der Waals surface area contributed by atoms with Crippen molar-refractivity contribution in [1.82, 2.24) is 10.2 Å². The maximum Gasteiger partial charge on any atom is 0.0589 e. The van der Waals surface area contributed by atoms with Gasteiger partial charge in [-0.25, -0.2) is 0 Å². The molecule has 4 heteroatoms. The number of nitrogens with one attached hydrogen (secondary N) is 1. The summed E-state index contributed by atoms with van der Waals surface area (Å²) in [6.07, 6.45) is 2.43. The molecule has 0 rings (SSSR count). The van der Waals surface area contributed by atoms with Crippen LogP contribution in [0, 0.1) is 0 Å². The summed E-state index contributed by atoms with van der Waals surface area (Å²) in [5.74, 6) is 0. The summed E-state index contributed by atoms with van der Waals surface area (Å²) >= 11 is 0. The van der Waals surface area contributed by atoms with E-state index in [4.69, 9.17) is 9.47 Å². The molecule has 0 aliphatic rings. The Morgan fingerprint density at radius 1 is 1.00 bits per heavy atom. The second-order valence-electron chi connectivity index (χ2n) is 5.12. The van der Waals surface area contributed by atoms with E-state index in [-0.39, 0.29) is 0 Å². The first-order valence-electron chi connectivity index (χ1n) is 7.07. The van der Waals surface area contributed by atoms with Gasteiger partial charge < -0.3 is 14.8 Å². The topological polar surface area (TPSA) is 33.7 Å². The predicted molar refractivity (Wildman–Crippen MR) is 77.2 cm³/mol. The third-order valence-corrected chi connectivity index (χ3v) is 3.14. The Morgan fingerprint density at radius 3 is 2.00 bits per heavy atom. The van der Waals surface area contributed by atoms with Crippen LogP contribution in [0.2, 0.25) is 0 Å². The molecule has 0 spiro atoms. The lowest BCUT2D eigenvalue weighted by atomic mass is 10.1. The number of rotatable bonds is 12. The molecule has 0 aliphatic carbocycles. The van der Waals surface area contributed by atoms with Gasteiger partial charge in [0.05, 0.1) is 13.2 Å². The highest BCUT2D eigenvalue weighted by Crippen LogP contribution is 2.06. The number of ether oxygens (including phenoxy) is 2. The molecule has 0 bridgehead atoms. The molecule has 0 aromatic heterocycles. The summed E-state index contributed by atoms with van der Waals surface area (Å²) in [6.45, 7) is 11.3. The van der Waals surface area contributed by atoms with Crippen LogP contribution in [0.1, 0.15) is 33.6 Å². The van der Waals surface area contributed by atoms with Crippen LogP contribution >= 0.6 is 0 Å². The van der Waals surface area contributed by atoms with Gasteiger partial charge in [-0.1, -0.05) is 13.8 Å². The second kappa shape index (κ2) is 11.9. The fraction of sp³-hybridized carbons (Fsp3) is 1.00. The van der Waals surface area contributed by atoms with E-state index < -0.39 is 0 Å². The lowest BCUT2D eigenvalue weighted by Crippen LogP contribution is -2.38. The highest BCUT2D eigenvalue weighted by molar-refractivity contribution is 4.68. The largest absolute Gasteiger partial charge is 0.383 e. The maximum atomic E-state index is 5.16. The molecular formula is C14H32N2O2. The number of nitrogens with zero attached hydrogens (tertiary/aromatic N) is 1. The molecule has 0 heterocycles. The Morgan fingerprint density at radius 2 is 1.56 bits per heavy atom. The van der Waals surface area contributed by atoms with Crippen molar-refractivity contribution in [2.75, 3.05) is 47.1 Å². The molecule has 0 aromatic rings. The molecule has 0 amide bonds. The third-order valence-electron chi connectivity index (χ3n) is 3.14. The predicted octanol–water partition coefficient (Wildman–Crippen LogP) is 1.75. The highest BCUT2D eigenvalue weighted by Gasteiger charge is 2.12. The van der Waals surface area contributed by atoms with E-state index in [1.165, 1.54) is 12.8 Å². The minimum atomic E-state index is 0.582. The van der Waals surface area contributed by atoms with Crippen molar-refractivity contribution in [3.8, 4) is 0 Å². The van der Waals surface area contributed by atoms with Crippen molar-refractivity contribution in [2.45, 2.75) is 45.7 Å².